The number of para-hydroxylation sites is 2. The fourth-order valence-electron chi connectivity index (χ4n) is 2.91. The monoisotopic (exact) mass is 358 g/mol. The quantitative estimate of drug-likeness (QED) is 0.681. The lowest BCUT2D eigenvalue weighted by atomic mass is 10.2. The van der Waals surface area contributed by atoms with Crippen molar-refractivity contribution in [2.75, 3.05) is 6.61 Å². The van der Waals surface area contributed by atoms with E-state index in [0.29, 0.717) is 17.3 Å². The van der Waals surface area contributed by atoms with E-state index in [2.05, 4.69) is 11.5 Å². The van der Waals surface area contributed by atoms with Crippen LogP contribution in [0.25, 0.3) is 11.0 Å². The third kappa shape index (κ3) is 4.14. The molecule has 5 heteroatoms. The van der Waals surface area contributed by atoms with E-state index < -0.39 is 6.10 Å². The molecule has 2 aromatic carbocycles. The number of aryl methyl sites for hydroxylation is 2. The van der Waals surface area contributed by atoms with Crippen LogP contribution in [0.3, 0.4) is 0 Å². The average molecular weight is 359 g/mol. The first-order chi connectivity index (χ1) is 12.1. The number of ether oxygens (including phenoxy) is 1. The smallest absolute Gasteiger partial charge is 0.119 e. The number of hydrogen-bond donors (Lipinski definition) is 1. The Morgan fingerprint density at radius 1 is 1.24 bits per heavy atom. The highest BCUT2D eigenvalue weighted by atomic mass is 35.5. The van der Waals surface area contributed by atoms with E-state index in [1.165, 1.54) is 0 Å². The third-order valence-corrected chi connectivity index (χ3v) is 4.60. The molecule has 0 amide bonds. The number of aromatic nitrogens is 2. The summed E-state index contributed by atoms with van der Waals surface area (Å²) in [6, 6.07) is 13.5. The molecule has 1 N–H and O–H groups in total. The van der Waals surface area contributed by atoms with Gasteiger partial charge in [-0.1, -0.05) is 30.7 Å². The number of rotatable bonds is 7. The van der Waals surface area contributed by atoms with Crippen LogP contribution < -0.4 is 4.74 Å². The van der Waals surface area contributed by atoms with Gasteiger partial charge >= 0.3 is 0 Å². The van der Waals surface area contributed by atoms with Gasteiger partial charge in [-0.3, -0.25) is 0 Å². The molecule has 0 aliphatic heterocycles. The van der Waals surface area contributed by atoms with Gasteiger partial charge in [-0.15, -0.1) is 0 Å². The lowest BCUT2D eigenvalue weighted by molar-refractivity contribution is 0.0927. The molecule has 0 spiro atoms. The van der Waals surface area contributed by atoms with Crippen molar-refractivity contribution in [1.82, 2.24) is 9.55 Å². The summed E-state index contributed by atoms with van der Waals surface area (Å²) < 4.78 is 7.82. The van der Waals surface area contributed by atoms with E-state index in [4.69, 9.17) is 21.3 Å². The van der Waals surface area contributed by atoms with Gasteiger partial charge in [0.15, 0.2) is 0 Å². The van der Waals surface area contributed by atoms with E-state index in [1.54, 1.807) is 6.07 Å². The summed E-state index contributed by atoms with van der Waals surface area (Å²) in [6.07, 6.45) is 1.28. The molecule has 0 aliphatic carbocycles. The van der Waals surface area contributed by atoms with E-state index in [1.807, 2.05) is 43.3 Å². The van der Waals surface area contributed by atoms with Gasteiger partial charge in [0.1, 0.15) is 24.3 Å². The first-order valence-corrected chi connectivity index (χ1v) is 8.97. The zero-order valence-electron chi connectivity index (χ0n) is 14.6. The molecule has 0 saturated heterocycles. The highest BCUT2D eigenvalue weighted by Gasteiger charge is 2.14. The summed E-state index contributed by atoms with van der Waals surface area (Å²) in [6.45, 7) is 4.74. The summed E-state index contributed by atoms with van der Waals surface area (Å²) in [5.41, 5.74) is 2.97. The second-order valence-corrected chi connectivity index (χ2v) is 6.66. The van der Waals surface area contributed by atoms with Gasteiger partial charge in [-0.2, -0.15) is 0 Å². The number of nitrogens with zero attached hydrogens (tertiary/aromatic N) is 2. The molecule has 0 fully saturated rings. The zero-order chi connectivity index (χ0) is 17.8. The van der Waals surface area contributed by atoms with E-state index >= 15 is 0 Å². The van der Waals surface area contributed by atoms with E-state index in [-0.39, 0.29) is 6.61 Å². The predicted molar refractivity (Wildman–Crippen MR) is 101 cm³/mol. The van der Waals surface area contributed by atoms with Crippen LogP contribution in [0.2, 0.25) is 5.02 Å². The Labute approximate surface area is 153 Å². The average Bonchev–Trinajstić information content (AvgIpc) is 2.94. The van der Waals surface area contributed by atoms with Gasteiger partial charge in [0, 0.05) is 11.4 Å². The second kappa shape index (κ2) is 7.89. The standard InChI is InChI=1S/C20H23ClN2O2/c1-3-6-20-22-18-7-4-5-8-19(18)23(20)12-15(24)13-25-16-9-10-17(21)14(2)11-16/h4-5,7-11,15,24H,3,6,12-13H2,1-2H3. The molecular formula is C20H23ClN2O2. The van der Waals surface area contributed by atoms with Crippen LogP contribution in [0.1, 0.15) is 24.7 Å². The molecule has 4 nitrogen and oxygen atoms in total. The molecule has 1 unspecified atom stereocenters. The van der Waals surface area contributed by atoms with Crippen LogP contribution in [0.5, 0.6) is 5.75 Å². The van der Waals surface area contributed by atoms with E-state index in [9.17, 15) is 5.11 Å². The molecule has 3 rings (SSSR count). The first-order valence-electron chi connectivity index (χ1n) is 8.59. The van der Waals surface area contributed by atoms with Crippen molar-refractivity contribution in [1.29, 1.82) is 0 Å². The summed E-state index contributed by atoms with van der Waals surface area (Å²) in [4.78, 5) is 4.69. The molecule has 25 heavy (non-hydrogen) atoms. The van der Waals surface area contributed by atoms with Crippen LogP contribution in [-0.4, -0.2) is 27.4 Å². The van der Waals surface area contributed by atoms with Gasteiger partial charge < -0.3 is 14.4 Å². The van der Waals surface area contributed by atoms with Crippen molar-refractivity contribution in [2.24, 2.45) is 0 Å². The molecule has 132 valence electrons. The lowest BCUT2D eigenvalue weighted by Crippen LogP contribution is -2.24. The van der Waals surface area contributed by atoms with Gasteiger partial charge in [-0.25, -0.2) is 4.98 Å². The van der Waals surface area contributed by atoms with Crippen molar-refractivity contribution in [3.05, 3.63) is 58.9 Å². The number of hydrogen-bond acceptors (Lipinski definition) is 3. The number of aliphatic hydroxyl groups excluding tert-OH is 1. The minimum Gasteiger partial charge on any atom is -0.491 e. The summed E-state index contributed by atoms with van der Waals surface area (Å²) >= 11 is 6.03. The minimum absolute atomic E-state index is 0.221. The molecule has 0 radical (unpaired) electrons. The minimum atomic E-state index is -0.621. The largest absolute Gasteiger partial charge is 0.491 e. The van der Waals surface area contributed by atoms with Crippen LogP contribution in [0, 0.1) is 6.92 Å². The molecule has 1 aromatic heterocycles. The van der Waals surface area contributed by atoms with Crippen molar-refractivity contribution in [3.8, 4) is 5.75 Å². The summed E-state index contributed by atoms with van der Waals surface area (Å²) in [5.74, 6) is 1.72. The van der Waals surface area contributed by atoms with Gasteiger partial charge in [-0.05, 0) is 49.2 Å². The molecule has 0 aliphatic rings. The summed E-state index contributed by atoms with van der Waals surface area (Å²) in [7, 11) is 0. The van der Waals surface area contributed by atoms with Crippen molar-refractivity contribution in [3.63, 3.8) is 0 Å². The Bertz CT molecular complexity index is 860. The van der Waals surface area contributed by atoms with Crippen molar-refractivity contribution in [2.45, 2.75) is 39.3 Å². The molecule has 1 heterocycles. The number of aliphatic hydroxyl groups is 1. The van der Waals surface area contributed by atoms with E-state index in [0.717, 1.165) is 35.3 Å². The maximum atomic E-state index is 10.5. The summed E-state index contributed by atoms with van der Waals surface area (Å²) in [5, 5.41) is 11.2. The fourth-order valence-corrected chi connectivity index (χ4v) is 3.02. The molecular weight excluding hydrogens is 336 g/mol. The van der Waals surface area contributed by atoms with Crippen molar-refractivity contribution >= 4 is 22.6 Å². The molecule has 0 bridgehead atoms. The number of imidazole rings is 1. The van der Waals surface area contributed by atoms with Crippen molar-refractivity contribution < 1.29 is 9.84 Å². The Balaban J connectivity index is 1.71. The number of fused-ring (bicyclic) bond motifs is 1. The van der Waals surface area contributed by atoms with Crippen LogP contribution >= 0.6 is 11.6 Å². The SMILES string of the molecule is CCCc1nc2ccccc2n1CC(O)COc1ccc(Cl)c(C)c1. The second-order valence-electron chi connectivity index (χ2n) is 6.25. The Morgan fingerprint density at radius 2 is 2.04 bits per heavy atom. The topological polar surface area (TPSA) is 47.3 Å². The third-order valence-electron chi connectivity index (χ3n) is 4.17. The Morgan fingerprint density at radius 3 is 2.80 bits per heavy atom. The maximum absolute atomic E-state index is 10.5. The van der Waals surface area contributed by atoms with Gasteiger partial charge in [0.2, 0.25) is 0 Å². The van der Waals surface area contributed by atoms with Crippen LogP contribution in [-0.2, 0) is 13.0 Å². The Hall–Kier alpha value is -2.04. The highest BCUT2D eigenvalue weighted by molar-refractivity contribution is 6.31. The molecule has 3 aromatic rings. The maximum Gasteiger partial charge on any atom is 0.119 e. The zero-order valence-corrected chi connectivity index (χ0v) is 15.3. The molecule has 0 saturated carbocycles. The number of halogens is 1. The van der Waals surface area contributed by atoms with Crippen LogP contribution in [0.4, 0.5) is 0 Å². The lowest BCUT2D eigenvalue weighted by Gasteiger charge is -2.16. The van der Waals surface area contributed by atoms with Gasteiger partial charge in [0.25, 0.3) is 0 Å². The number of benzene rings is 2. The predicted octanol–water partition coefficient (Wildman–Crippen LogP) is 4.39. The van der Waals surface area contributed by atoms with Crippen LogP contribution in [0.15, 0.2) is 42.5 Å². The van der Waals surface area contributed by atoms with Gasteiger partial charge in [0.05, 0.1) is 17.6 Å². The molecule has 1 atom stereocenters. The fraction of sp³-hybridized carbons (Fsp3) is 0.350. The Kier molecular flexibility index (Phi) is 5.61. The normalized spacial score (nSPS) is 12.5. The highest BCUT2D eigenvalue weighted by Crippen LogP contribution is 2.22. The first kappa shape index (κ1) is 17.8.